The van der Waals surface area contributed by atoms with Crippen molar-refractivity contribution >= 4 is 11.8 Å². The van der Waals surface area contributed by atoms with E-state index in [1.807, 2.05) is 6.07 Å². The Balaban J connectivity index is 1.90. The average Bonchev–Trinajstić information content (AvgIpc) is 2.84. The van der Waals surface area contributed by atoms with E-state index in [0.717, 1.165) is 6.54 Å². The molecule has 0 aliphatic heterocycles. The minimum Gasteiger partial charge on any atom is -0.310 e. The molecule has 1 aromatic heterocycles. The molecular formula is C14H20FN5S. The smallest absolute Gasteiger partial charge is 0.209 e. The average molecular weight is 309 g/mol. The Kier molecular flexibility index (Phi) is 5.30. The summed E-state index contributed by atoms with van der Waals surface area (Å²) in [6.07, 6.45) is 0. The highest BCUT2D eigenvalue weighted by Crippen LogP contribution is 2.21. The fourth-order valence-electron chi connectivity index (χ4n) is 1.73. The van der Waals surface area contributed by atoms with Crippen LogP contribution in [0.2, 0.25) is 0 Å². The van der Waals surface area contributed by atoms with E-state index in [2.05, 4.69) is 41.6 Å². The first-order chi connectivity index (χ1) is 9.96. The molecule has 0 radical (unpaired) electrons. The largest absolute Gasteiger partial charge is 0.310 e. The molecule has 0 saturated carbocycles. The van der Waals surface area contributed by atoms with Crippen LogP contribution in [0.3, 0.4) is 0 Å². The minimum absolute atomic E-state index is 0.0640. The van der Waals surface area contributed by atoms with Gasteiger partial charge < -0.3 is 5.32 Å². The zero-order valence-corrected chi connectivity index (χ0v) is 13.3. The molecule has 114 valence electrons. The van der Waals surface area contributed by atoms with Crippen LogP contribution < -0.4 is 5.32 Å². The van der Waals surface area contributed by atoms with Crippen molar-refractivity contribution in [1.82, 2.24) is 25.5 Å². The topological polar surface area (TPSA) is 55.6 Å². The van der Waals surface area contributed by atoms with E-state index in [0.29, 0.717) is 23.0 Å². The molecule has 0 spiro atoms. The zero-order valence-electron chi connectivity index (χ0n) is 12.5. The number of halogens is 1. The number of rotatable bonds is 6. The molecule has 1 heterocycles. The summed E-state index contributed by atoms with van der Waals surface area (Å²) in [5.74, 6) is 0.318. The molecule has 1 N–H and O–H groups in total. The molecule has 0 atom stereocenters. The second-order valence-electron chi connectivity index (χ2n) is 5.74. The summed E-state index contributed by atoms with van der Waals surface area (Å²) in [6.45, 7) is 7.80. The minimum atomic E-state index is -0.196. The third kappa shape index (κ3) is 5.09. The summed E-state index contributed by atoms with van der Waals surface area (Å²) in [5.41, 5.74) is 0.721. The van der Waals surface area contributed by atoms with Crippen molar-refractivity contribution < 1.29 is 4.39 Å². The number of thioether (sulfide) groups is 1. The Hall–Kier alpha value is -1.47. The van der Waals surface area contributed by atoms with Crippen LogP contribution in [0.4, 0.5) is 4.39 Å². The lowest BCUT2D eigenvalue weighted by Gasteiger charge is -2.20. The van der Waals surface area contributed by atoms with Crippen molar-refractivity contribution in [2.45, 2.75) is 43.8 Å². The standard InChI is InChI=1S/C14H20FN5S/c1-14(2,3)16-8-9-20-13(17-18-19-20)21-10-11-6-4-5-7-12(11)15/h4-7,16H,8-10H2,1-3H3. The van der Waals surface area contributed by atoms with Crippen molar-refractivity contribution in [2.24, 2.45) is 0 Å². The van der Waals surface area contributed by atoms with Crippen molar-refractivity contribution in [3.63, 3.8) is 0 Å². The highest BCUT2D eigenvalue weighted by atomic mass is 32.2. The lowest BCUT2D eigenvalue weighted by Crippen LogP contribution is -2.38. The van der Waals surface area contributed by atoms with Crippen LogP contribution in [0.15, 0.2) is 29.4 Å². The summed E-state index contributed by atoms with van der Waals surface area (Å²) >= 11 is 1.44. The van der Waals surface area contributed by atoms with E-state index in [1.54, 1.807) is 16.8 Å². The zero-order chi connectivity index (χ0) is 15.3. The number of benzene rings is 1. The first-order valence-electron chi connectivity index (χ1n) is 6.83. The number of hydrogen-bond acceptors (Lipinski definition) is 5. The van der Waals surface area contributed by atoms with Crippen molar-refractivity contribution in [2.75, 3.05) is 6.54 Å². The highest BCUT2D eigenvalue weighted by molar-refractivity contribution is 7.98. The summed E-state index contributed by atoms with van der Waals surface area (Å²) in [5, 5.41) is 15.7. The molecule has 0 aliphatic rings. The third-order valence-electron chi connectivity index (χ3n) is 2.79. The van der Waals surface area contributed by atoms with Crippen molar-refractivity contribution in [3.8, 4) is 0 Å². The van der Waals surface area contributed by atoms with Gasteiger partial charge in [0.1, 0.15) is 5.82 Å². The Morgan fingerprint density at radius 2 is 2.05 bits per heavy atom. The number of aromatic nitrogens is 4. The molecule has 0 aliphatic carbocycles. The predicted molar refractivity (Wildman–Crippen MR) is 81.5 cm³/mol. The van der Waals surface area contributed by atoms with Crippen LogP contribution in [0, 0.1) is 5.82 Å². The molecule has 2 aromatic rings. The molecule has 0 bridgehead atoms. The van der Waals surface area contributed by atoms with Crippen LogP contribution in [0.25, 0.3) is 0 Å². The normalized spacial score (nSPS) is 11.8. The van der Waals surface area contributed by atoms with Gasteiger partial charge in [-0.3, -0.25) is 0 Å². The molecule has 2 rings (SSSR count). The molecule has 1 aromatic carbocycles. The first kappa shape index (κ1) is 15.9. The molecule has 0 fully saturated rings. The lowest BCUT2D eigenvalue weighted by atomic mass is 10.1. The molecule has 0 saturated heterocycles. The summed E-state index contributed by atoms with van der Waals surface area (Å²) in [6, 6.07) is 6.75. The van der Waals surface area contributed by atoms with E-state index in [9.17, 15) is 4.39 Å². The van der Waals surface area contributed by atoms with Gasteiger partial charge in [0, 0.05) is 17.8 Å². The number of nitrogens with zero attached hydrogens (tertiary/aromatic N) is 4. The molecule has 0 amide bonds. The van der Waals surface area contributed by atoms with E-state index < -0.39 is 0 Å². The summed E-state index contributed by atoms with van der Waals surface area (Å²) in [7, 11) is 0. The summed E-state index contributed by atoms with van der Waals surface area (Å²) < 4.78 is 15.3. The van der Waals surface area contributed by atoms with Crippen LogP contribution in [0.5, 0.6) is 0 Å². The quantitative estimate of drug-likeness (QED) is 0.831. The Morgan fingerprint density at radius 3 is 2.76 bits per heavy atom. The van der Waals surface area contributed by atoms with Gasteiger partial charge in [0.15, 0.2) is 0 Å². The van der Waals surface area contributed by atoms with Crippen LogP contribution >= 0.6 is 11.8 Å². The van der Waals surface area contributed by atoms with E-state index in [-0.39, 0.29) is 11.4 Å². The van der Waals surface area contributed by atoms with Gasteiger partial charge in [0.05, 0.1) is 6.54 Å². The monoisotopic (exact) mass is 309 g/mol. The van der Waals surface area contributed by atoms with Crippen molar-refractivity contribution in [1.29, 1.82) is 0 Å². The van der Waals surface area contributed by atoms with Gasteiger partial charge >= 0.3 is 0 Å². The van der Waals surface area contributed by atoms with Crippen LogP contribution in [0.1, 0.15) is 26.3 Å². The maximum atomic E-state index is 13.6. The van der Waals surface area contributed by atoms with E-state index >= 15 is 0 Å². The lowest BCUT2D eigenvalue weighted by molar-refractivity contribution is 0.396. The molecule has 21 heavy (non-hydrogen) atoms. The SMILES string of the molecule is CC(C)(C)NCCn1nnnc1SCc1ccccc1F. The number of nitrogens with one attached hydrogen (secondary N) is 1. The van der Waals surface area contributed by atoms with Gasteiger partial charge in [-0.15, -0.1) is 5.10 Å². The Labute approximate surface area is 128 Å². The Morgan fingerprint density at radius 1 is 1.29 bits per heavy atom. The highest BCUT2D eigenvalue weighted by Gasteiger charge is 2.11. The first-order valence-corrected chi connectivity index (χ1v) is 7.82. The molecule has 7 heteroatoms. The van der Waals surface area contributed by atoms with Gasteiger partial charge in [-0.05, 0) is 42.8 Å². The van der Waals surface area contributed by atoms with E-state index in [4.69, 9.17) is 0 Å². The Bertz CT molecular complexity index is 579. The predicted octanol–water partition coefficient (Wildman–Crippen LogP) is 2.49. The molecule has 5 nitrogen and oxygen atoms in total. The maximum absolute atomic E-state index is 13.6. The summed E-state index contributed by atoms with van der Waals surface area (Å²) in [4.78, 5) is 0. The maximum Gasteiger partial charge on any atom is 0.209 e. The fourth-order valence-corrected chi connectivity index (χ4v) is 2.62. The van der Waals surface area contributed by atoms with Gasteiger partial charge in [-0.1, -0.05) is 30.0 Å². The molecular weight excluding hydrogens is 289 g/mol. The second kappa shape index (κ2) is 7.00. The van der Waals surface area contributed by atoms with Crippen molar-refractivity contribution in [3.05, 3.63) is 35.6 Å². The van der Waals surface area contributed by atoms with Gasteiger partial charge in [-0.25, -0.2) is 9.07 Å². The van der Waals surface area contributed by atoms with Gasteiger partial charge in [-0.2, -0.15) is 0 Å². The van der Waals surface area contributed by atoms with E-state index in [1.165, 1.54) is 17.8 Å². The second-order valence-corrected chi connectivity index (χ2v) is 6.68. The van der Waals surface area contributed by atoms with Gasteiger partial charge in [0.2, 0.25) is 5.16 Å². The third-order valence-corrected chi connectivity index (χ3v) is 3.80. The van der Waals surface area contributed by atoms with Crippen LogP contribution in [-0.2, 0) is 12.3 Å². The fraction of sp³-hybridized carbons (Fsp3) is 0.500. The van der Waals surface area contributed by atoms with Gasteiger partial charge in [0.25, 0.3) is 0 Å². The molecule has 0 unspecified atom stereocenters. The number of hydrogen-bond donors (Lipinski definition) is 1. The number of tetrazole rings is 1. The van der Waals surface area contributed by atoms with Crippen LogP contribution in [-0.4, -0.2) is 32.3 Å².